The maximum absolute atomic E-state index is 13.1. The lowest BCUT2D eigenvalue weighted by molar-refractivity contribution is -0.298. The zero-order valence-electron chi connectivity index (χ0n) is 20.2. The molecule has 0 saturated carbocycles. The van der Waals surface area contributed by atoms with Crippen molar-refractivity contribution in [2.45, 2.75) is 58.4 Å². The van der Waals surface area contributed by atoms with Gasteiger partial charge in [-0.1, -0.05) is 12.1 Å². The molecule has 1 aliphatic heterocycles. The zero-order valence-corrected chi connectivity index (χ0v) is 20.2. The number of ketones is 2. The quantitative estimate of drug-likeness (QED) is 0.394. The van der Waals surface area contributed by atoms with Crippen molar-refractivity contribution < 1.29 is 62.3 Å². The minimum Gasteiger partial charge on any atom is -0.507 e. The largest absolute Gasteiger partial charge is 0.507 e. The van der Waals surface area contributed by atoms with E-state index in [-0.39, 0.29) is 11.1 Å². The van der Waals surface area contributed by atoms with Crippen molar-refractivity contribution in [1.82, 2.24) is 0 Å². The Hall–Kier alpha value is -4.26. The number of hydrogen-bond donors (Lipinski definition) is 1. The van der Waals surface area contributed by atoms with Gasteiger partial charge in [0, 0.05) is 39.3 Å². The number of ether oxygens (including phenoxy) is 6. The number of phenols is 1. The van der Waals surface area contributed by atoms with Crippen LogP contribution in [0.5, 0.6) is 5.75 Å². The molecule has 0 spiro atoms. The van der Waals surface area contributed by atoms with Crippen molar-refractivity contribution >= 4 is 35.4 Å². The third-order valence-corrected chi connectivity index (χ3v) is 5.21. The number of esters is 4. The van der Waals surface area contributed by atoms with Gasteiger partial charge in [0.1, 0.15) is 18.5 Å². The van der Waals surface area contributed by atoms with E-state index in [1.54, 1.807) is 0 Å². The summed E-state index contributed by atoms with van der Waals surface area (Å²) < 4.78 is 32.2. The third kappa shape index (κ3) is 6.30. The number of Topliss-reactive ketones (excluding diaryl/α,β-unsaturated/α-hetero) is 1. The molecule has 1 aromatic rings. The molecule has 1 saturated heterocycles. The molecule has 0 radical (unpaired) electrons. The van der Waals surface area contributed by atoms with Crippen LogP contribution in [-0.4, -0.2) is 77.9 Å². The summed E-state index contributed by atoms with van der Waals surface area (Å²) >= 11 is 0. The van der Waals surface area contributed by atoms with Crippen molar-refractivity contribution in [2.24, 2.45) is 0 Å². The Morgan fingerprint density at radius 3 is 2.05 bits per heavy atom. The Labute approximate surface area is 210 Å². The van der Waals surface area contributed by atoms with Gasteiger partial charge in [-0.2, -0.15) is 0 Å². The Morgan fingerprint density at radius 1 is 0.865 bits per heavy atom. The van der Waals surface area contributed by atoms with Crippen LogP contribution in [0.1, 0.15) is 48.4 Å². The first kappa shape index (κ1) is 27.3. The van der Waals surface area contributed by atoms with Gasteiger partial charge < -0.3 is 33.5 Å². The number of phenolic OH excluding ortho intramolecular Hbond substituents is 1. The fourth-order valence-electron chi connectivity index (χ4n) is 3.87. The number of fused-ring (bicyclic) bond motifs is 1. The molecule has 0 bridgehead atoms. The molecule has 1 aromatic carbocycles. The van der Waals surface area contributed by atoms with E-state index in [9.17, 15) is 33.9 Å². The average molecular weight is 520 g/mol. The predicted octanol–water partition coefficient (Wildman–Crippen LogP) is 0.755. The maximum Gasteiger partial charge on any atom is 0.303 e. The minimum absolute atomic E-state index is 0.0566. The number of carbonyl (C=O) groups excluding carboxylic acids is 6. The Morgan fingerprint density at radius 2 is 1.46 bits per heavy atom. The second-order valence-electron chi connectivity index (χ2n) is 8.09. The van der Waals surface area contributed by atoms with Gasteiger partial charge in [-0.05, 0) is 6.07 Å². The van der Waals surface area contributed by atoms with E-state index < -0.39 is 84.3 Å². The number of hydrogen-bond acceptors (Lipinski definition) is 13. The minimum atomic E-state index is -1.71. The molecule has 37 heavy (non-hydrogen) atoms. The van der Waals surface area contributed by atoms with Crippen LogP contribution < -0.4 is 0 Å². The Balaban J connectivity index is 2.03. The highest BCUT2D eigenvalue weighted by atomic mass is 16.7. The molecule has 13 heteroatoms. The van der Waals surface area contributed by atoms with Gasteiger partial charge in [-0.3, -0.25) is 28.8 Å². The fourth-order valence-corrected chi connectivity index (χ4v) is 3.87. The third-order valence-electron chi connectivity index (χ3n) is 5.21. The molecule has 1 fully saturated rings. The lowest BCUT2D eigenvalue weighted by Crippen LogP contribution is -2.63. The molecular formula is C24H24O13. The first-order valence-corrected chi connectivity index (χ1v) is 11.0. The highest BCUT2D eigenvalue weighted by Crippen LogP contribution is 2.34. The second-order valence-corrected chi connectivity index (χ2v) is 8.09. The topological polar surface area (TPSA) is 178 Å². The van der Waals surface area contributed by atoms with Crippen LogP contribution in [0.4, 0.5) is 0 Å². The average Bonchev–Trinajstić information content (AvgIpc) is 2.78. The van der Waals surface area contributed by atoms with Gasteiger partial charge in [0.25, 0.3) is 0 Å². The van der Waals surface area contributed by atoms with Crippen LogP contribution in [0, 0.1) is 0 Å². The molecule has 0 aromatic heterocycles. The molecule has 1 N–H and O–H groups in total. The SMILES string of the molecule is CC(=O)OC[C@@H]1O[C@@H](OC2=CC(=O)c3cccc(O)c3C2=O)[C@@H](OC(C)=O)[C@H](OC(C)=O)[C@H]1OC(C)=O. The van der Waals surface area contributed by atoms with Crippen molar-refractivity contribution in [3.63, 3.8) is 0 Å². The number of aromatic hydroxyl groups is 1. The van der Waals surface area contributed by atoms with Gasteiger partial charge in [0.15, 0.2) is 23.8 Å². The molecular weight excluding hydrogens is 496 g/mol. The van der Waals surface area contributed by atoms with Crippen LogP contribution in [-0.2, 0) is 47.6 Å². The van der Waals surface area contributed by atoms with Crippen LogP contribution in [0.3, 0.4) is 0 Å². The van der Waals surface area contributed by atoms with E-state index in [1.165, 1.54) is 18.2 Å². The number of benzene rings is 1. The molecule has 3 rings (SSSR count). The molecule has 2 aliphatic rings. The van der Waals surface area contributed by atoms with Gasteiger partial charge in [-0.25, -0.2) is 0 Å². The first-order chi connectivity index (χ1) is 17.4. The van der Waals surface area contributed by atoms with Crippen LogP contribution >= 0.6 is 0 Å². The monoisotopic (exact) mass is 520 g/mol. The highest BCUT2D eigenvalue weighted by molar-refractivity contribution is 6.24. The van der Waals surface area contributed by atoms with Crippen LogP contribution in [0.15, 0.2) is 30.0 Å². The van der Waals surface area contributed by atoms with E-state index in [4.69, 9.17) is 28.4 Å². The molecule has 5 atom stereocenters. The molecule has 1 aliphatic carbocycles. The van der Waals surface area contributed by atoms with E-state index in [1.807, 2.05) is 0 Å². The summed E-state index contributed by atoms with van der Waals surface area (Å²) in [6.45, 7) is 3.76. The van der Waals surface area contributed by atoms with Crippen LogP contribution in [0.25, 0.3) is 0 Å². The molecule has 1 heterocycles. The fraction of sp³-hybridized carbons (Fsp3) is 0.417. The normalized spacial score (nSPS) is 24.8. The summed E-state index contributed by atoms with van der Waals surface area (Å²) in [5.74, 6) is -5.83. The predicted molar refractivity (Wildman–Crippen MR) is 118 cm³/mol. The van der Waals surface area contributed by atoms with E-state index >= 15 is 0 Å². The summed E-state index contributed by atoms with van der Waals surface area (Å²) in [6.07, 6.45) is -6.72. The molecule has 0 unspecified atom stereocenters. The van der Waals surface area contributed by atoms with Crippen molar-refractivity contribution in [1.29, 1.82) is 0 Å². The lowest BCUT2D eigenvalue weighted by atomic mass is 9.92. The van der Waals surface area contributed by atoms with Crippen molar-refractivity contribution in [3.8, 4) is 5.75 Å². The Bertz CT molecular complexity index is 1170. The Kier molecular flexibility index (Phi) is 8.28. The maximum atomic E-state index is 13.1. The van der Waals surface area contributed by atoms with E-state index in [2.05, 4.69) is 0 Å². The lowest BCUT2D eigenvalue weighted by Gasteiger charge is -2.44. The second kappa shape index (κ2) is 11.2. The molecule has 13 nitrogen and oxygen atoms in total. The van der Waals surface area contributed by atoms with Crippen LogP contribution in [0.2, 0.25) is 0 Å². The van der Waals surface area contributed by atoms with Gasteiger partial charge in [0.05, 0.1) is 5.56 Å². The van der Waals surface area contributed by atoms with E-state index in [0.717, 1.165) is 33.8 Å². The molecule has 0 amide bonds. The number of rotatable bonds is 7. The van der Waals surface area contributed by atoms with Crippen molar-refractivity contribution in [3.05, 3.63) is 41.2 Å². The summed E-state index contributed by atoms with van der Waals surface area (Å²) in [7, 11) is 0. The molecule has 198 valence electrons. The summed E-state index contributed by atoms with van der Waals surface area (Å²) in [4.78, 5) is 72.7. The van der Waals surface area contributed by atoms with E-state index in [0.29, 0.717) is 0 Å². The standard InChI is InChI=1S/C24H24O13/c1-10(25)32-9-18-21(33-11(2)26)22(34-12(3)27)23(35-13(4)28)24(37-18)36-17-8-16(30)14-6-5-7-15(29)19(14)20(17)31/h5-8,18,21-24,29H,9H2,1-4H3/t18-,21-,22+,23-,24+/m0/s1. The van der Waals surface area contributed by atoms with Gasteiger partial charge in [-0.15, -0.1) is 0 Å². The summed E-state index contributed by atoms with van der Waals surface area (Å²) in [5, 5.41) is 10.2. The first-order valence-electron chi connectivity index (χ1n) is 11.0. The number of allylic oxidation sites excluding steroid dienone is 2. The van der Waals surface area contributed by atoms with Crippen molar-refractivity contribution in [2.75, 3.05) is 6.61 Å². The van der Waals surface area contributed by atoms with Gasteiger partial charge >= 0.3 is 23.9 Å². The zero-order chi connectivity index (χ0) is 27.4. The number of carbonyl (C=O) groups is 6. The summed E-state index contributed by atoms with van der Waals surface area (Å²) in [6, 6.07) is 3.94. The highest BCUT2D eigenvalue weighted by Gasteiger charge is 2.54. The van der Waals surface area contributed by atoms with Gasteiger partial charge in [0.2, 0.25) is 18.2 Å². The smallest absolute Gasteiger partial charge is 0.303 e. The summed E-state index contributed by atoms with van der Waals surface area (Å²) in [5.41, 5.74) is -0.366.